The Morgan fingerprint density at radius 1 is 1.11 bits per heavy atom. The fourth-order valence-corrected chi connectivity index (χ4v) is 6.03. The van der Waals surface area contributed by atoms with Crippen LogP contribution in [0.3, 0.4) is 0 Å². The van der Waals surface area contributed by atoms with Gasteiger partial charge in [0.2, 0.25) is 10.0 Å². The number of thiazole rings is 1. The highest BCUT2D eigenvalue weighted by molar-refractivity contribution is 7.89. The fourth-order valence-electron chi connectivity index (χ4n) is 3.37. The lowest BCUT2D eigenvalue weighted by atomic mass is 10.2. The van der Waals surface area contributed by atoms with Gasteiger partial charge in [-0.05, 0) is 32.4 Å². The third-order valence-electron chi connectivity index (χ3n) is 4.98. The molecule has 1 saturated heterocycles. The van der Waals surface area contributed by atoms with E-state index in [0.717, 1.165) is 21.8 Å². The smallest absolute Gasteiger partial charge is 0.265 e. The molecule has 8 heteroatoms. The lowest BCUT2D eigenvalue weighted by Gasteiger charge is -2.34. The van der Waals surface area contributed by atoms with Crippen LogP contribution in [0.5, 0.6) is 0 Å². The first-order valence-electron chi connectivity index (χ1n) is 9.45. The zero-order valence-corrected chi connectivity index (χ0v) is 18.7. The van der Waals surface area contributed by atoms with Crippen LogP contribution in [0.1, 0.15) is 51.3 Å². The third kappa shape index (κ3) is 3.99. The molecule has 1 amide bonds. The molecule has 0 saturated carbocycles. The molecule has 0 N–H and O–H groups in total. The monoisotopic (exact) mass is 421 g/mol. The predicted octanol–water partition coefficient (Wildman–Crippen LogP) is 3.34. The molecule has 0 spiro atoms. The number of sulfonamides is 1. The van der Waals surface area contributed by atoms with Crippen LogP contribution in [-0.4, -0.2) is 54.7 Å². The number of aromatic nitrogens is 1. The molecule has 1 aliphatic rings. The second-order valence-electron chi connectivity index (χ2n) is 7.59. The third-order valence-corrected chi connectivity index (χ3v) is 8.48. The normalized spacial score (nSPS) is 16.0. The highest BCUT2D eigenvalue weighted by Gasteiger charge is 2.32. The molecule has 2 heterocycles. The standard InChI is InChI=1S/C20H27N3O3S2/c1-13(2)19-21-16(5)18(27-19)20(24)22-8-10-23(11-9-22)28(25,26)17-7-6-14(3)12-15(17)4/h6-7,12-13H,8-11H2,1-5H3. The van der Waals surface area contributed by atoms with E-state index in [1.54, 1.807) is 11.0 Å². The van der Waals surface area contributed by atoms with E-state index in [0.29, 0.717) is 36.0 Å². The van der Waals surface area contributed by atoms with Gasteiger partial charge in [-0.15, -0.1) is 11.3 Å². The van der Waals surface area contributed by atoms with E-state index >= 15 is 0 Å². The maximum atomic E-state index is 13.0. The molecule has 6 nitrogen and oxygen atoms in total. The first-order chi connectivity index (χ1) is 13.1. The average Bonchev–Trinajstić information content (AvgIpc) is 3.03. The minimum Gasteiger partial charge on any atom is -0.335 e. The predicted molar refractivity (Wildman–Crippen MR) is 112 cm³/mol. The second-order valence-corrected chi connectivity index (χ2v) is 10.5. The van der Waals surface area contributed by atoms with Gasteiger partial charge in [-0.2, -0.15) is 4.31 Å². The molecule has 152 valence electrons. The SMILES string of the molecule is Cc1ccc(S(=O)(=O)N2CCN(C(=O)c3sc(C(C)C)nc3C)CC2)c(C)c1. The van der Waals surface area contributed by atoms with Gasteiger partial charge in [0.15, 0.2) is 0 Å². The van der Waals surface area contributed by atoms with Gasteiger partial charge < -0.3 is 4.90 Å². The van der Waals surface area contributed by atoms with Gasteiger partial charge in [-0.1, -0.05) is 31.5 Å². The van der Waals surface area contributed by atoms with Gasteiger partial charge in [-0.25, -0.2) is 13.4 Å². The average molecular weight is 422 g/mol. The summed E-state index contributed by atoms with van der Waals surface area (Å²) in [4.78, 5) is 20.1. The van der Waals surface area contributed by atoms with Crippen molar-refractivity contribution in [2.75, 3.05) is 26.2 Å². The summed E-state index contributed by atoms with van der Waals surface area (Å²) in [5.74, 6) is 0.232. The molecule has 1 aliphatic heterocycles. The molecule has 0 bridgehead atoms. The van der Waals surface area contributed by atoms with Crippen molar-refractivity contribution in [2.45, 2.75) is 45.4 Å². The minimum atomic E-state index is -3.55. The van der Waals surface area contributed by atoms with Gasteiger partial charge >= 0.3 is 0 Å². The molecule has 0 unspecified atom stereocenters. The Morgan fingerprint density at radius 2 is 1.75 bits per heavy atom. The molecule has 0 aliphatic carbocycles. The van der Waals surface area contributed by atoms with E-state index in [9.17, 15) is 13.2 Å². The lowest BCUT2D eigenvalue weighted by Crippen LogP contribution is -2.50. The quantitative estimate of drug-likeness (QED) is 0.759. The van der Waals surface area contributed by atoms with Gasteiger partial charge in [0, 0.05) is 32.1 Å². The van der Waals surface area contributed by atoms with Crippen molar-refractivity contribution in [3.05, 3.63) is 44.9 Å². The molecule has 0 atom stereocenters. The Bertz CT molecular complexity index is 988. The molecular weight excluding hydrogens is 394 g/mol. The van der Waals surface area contributed by atoms with E-state index in [1.165, 1.54) is 15.6 Å². The number of hydrogen-bond acceptors (Lipinski definition) is 5. The molecule has 1 aromatic heterocycles. The molecule has 2 aromatic rings. The highest BCUT2D eigenvalue weighted by atomic mass is 32.2. The van der Waals surface area contributed by atoms with E-state index in [1.807, 2.05) is 32.9 Å². The first kappa shape index (κ1) is 21.0. The molecule has 1 aromatic carbocycles. The van der Waals surface area contributed by atoms with E-state index in [-0.39, 0.29) is 11.8 Å². The van der Waals surface area contributed by atoms with Crippen LogP contribution in [0.2, 0.25) is 0 Å². The number of amides is 1. The largest absolute Gasteiger partial charge is 0.335 e. The van der Waals surface area contributed by atoms with Gasteiger partial charge in [0.1, 0.15) is 4.88 Å². The minimum absolute atomic E-state index is 0.0505. The second kappa shape index (κ2) is 7.93. The maximum absolute atomic E-state index is 13.0. The van der Waals surface area contributed by atoms with E-state index in [4.69, 9.17) is 0 Å². The van der Waals surface area contributed by atoms with Crippen molar-refractivity contribution in [1.82, 2.24) is 14.2 Å². The van der Waals surface area contributed by atoms with Crippen LogP contribution in [0, 0.1) is 20.8 Å². The van der Waals surface area contributed by atoms with Crippen molar-refractivity contribution in [2.24, 2.45) is 0 Å². The first-order valence-corrected chi connectivity index (χ1v) is 11.7. The summed E-state index contributed by atoms with van der Waals surface area (Å²) in [6, 6.07) is 5.37. The Balaban J connectivity index is 1.73. The lowest BCUT2D eigenvalue weighted by molar-refractivity contribution is 0.0702. The van der Waals surface area contributed by atoms with Crippen LogP contribution in [-0.2, 0) is 10.0 Å². The molecule has 0 radical (unpaired) electrons. The van der Waals surface area contributed by atoms with Crippen LogP contribution in [0.15, 0.2) is 23.1 Å². The Labute approximate surface area is 171 Å². The van der Waals surface area contributed by atoms with E-state index in [2.05, 4.69) is 18.8 Å². The number of carbonyl (C=O) groups is 1. The molecule has 1 fully saturated rings. The summed E-state index contributed by atoms with van der Waals surface area (Å²) in [6.45, 7) is 11.1. The highest BCUT2D eigenvalue weighted by Crippen LogP contribution is 2.27. The number of benzene rings is 1. The number of rotatable bonds is 4. The topological polar surface area (TPSA) is 70.6 Å². The zero-order valence-electron chi connectivity index (χ0n) is 17.0. The fraction of sp³-hybridized carbons (Fsp3) is 0.500. The maximum Gasteiger partial charge on any atom is 0.265 e. The van der Waals surface area contributed by atoms with Crippen molar-refractivity contribution in [1.29, 1.82) is 0 Å². The summed E-state index contributed by atoms with van der Waals surface area (Å²) >= 11 is 1.44. The van der Waals surface area contributed by atoms with Crippen LogP contribution in [0.4, 0.5) is 0 Å². The summed E-state index contributed by atoms with van der Waals surface area (Å²) in [7, 11) is -3.55. The van der Waals surface area contributed by atoms with Gasteiger partial charge in [0.05, 0.1) is 15.6 Å². The van der Waals surface area contributed by atoms with Gasteiger partial charge in [-0.3, -0.25) is 4.79 Å². The Morgan fingerprint density at radius 3 is 2.29 bits per heavy atom. The van der Waals surface area contributed by atoms with Crippen molar-refractivity contribution < 1.29 is 13.2 Å². The van der Waals surface area contributed by atoms with Gasteiger partial charge in [0.25, 0.3) is 5.91 Å². The molecule has 3 rings (SSSR count). The summed E-state index contributed by atoms with van der Waals surface area (Å²) in [5, 5.41) is 0.955. The molecule has 28 heavy (non-hydrogen) atoms. The van der Waals surface area contributed by atoms with Crippen LogP contribution in [0.25, 0.3) is 0 Å². The van der Waals surface area contributed by atoms with Crippen LogP contribution < -0.4 is 0 Å². The Hall–Kier alpha value is -1.77. The number of piperazine rings is 1. The summed E-state index contributed by atoms with van der Waals surface area (Å²) in [5.41, 5.74) is 2.54. The van der Waals surface area contributed by atoms with Crippen LogP contribution >= 0.6 is 11.3 Å². The zero-order chi connectivity index (χ0) is 20.6. The number of aryl methyl sites for hydroxylation is 3. The Kier molecular flexibility index (Phi) is 5.93. The summed E-state index contributed by atoms with van der Waals surface area (Å²) < 4.78 is 27.5. The van der Waals surface area contributed by atoms with E-state index < -0.39 is 10.0 Å². The molecular formula is C20H27N3O3S2. The van der Waals surface area contributed by atoms with Crippen molar-refractivity contribution in [3.63, 3.8) is 0 Å². The number of nitrogens with zero attached hydrogens (tertiary/aromatic N) is 3. The van der Waals surface area contributed by atoms with Crippen molar-refractivity contribution in [3.8, 4) is 0 Å². The van der Waals surface area contributed by atoms with Crippen molar-refractivity contribution >= 4 is 27.3 Å². The number of hydrogen-bond donors (Lipinski definition) is 0. The number of carbonyl (C=O) groups excluding carboxylic acids is 1. The summed E-state index contributed by atoms with van der Waals surface area (Å²) in [6.07, 6.45) is 0.